The van der Waals surface area contributed by atoms with Crippen LogP contribution in [0.15, 0.2) is 42.6 Å². The van der Waals surface area contributed by atoms with Crippen LogP contribution in [-0.4, -0.2) is 22.5 Å². The Kier molecular flexibility index (Phi) is 4.10. The number of nitrogens with one attached hydrogen (secondary N) is 1. The zero-order chi connectivity index (χ0) is 13.7. The number of ether oxygens (including phenoxy) is 1. The third kappa shape index (κ3) is 3.29. The average molecular weight is 257 g/mol. The van der Waals surface area contributed by atoms with Crippen LogP contribution in [0.5, 0.6) is 11.5 Å². The van der Waals surface area contributed by atoms with Crippen molar-refractivity contribution in [2.24, 2.45) is 5.73 Å². The van der Waals surface area contributed by atoms with E-state index < -0.39 is 0 Å². The molecule has 0 aliphatic heterocycles. The maximum absolute atomic E-state index is 9.02. The molecule has 1 aromatic carbocycles. The number of rotatable bonds is 5. The summed E-state index contributed by atoms with van der Waals surface area (Å²) in [4.78, 5) is 3.97. The summed E-state index contributed by atoms with van der Waals surface area (Å²) in [6.07, 6.45) is 2.07. The number of aliphatic hydroxyl groups is 1. The van der Waals surface area contributed by atoms with Crippen LogP contribution in [0, 0.1) is 5.41 Å². The predicted octanol–water partition coefficient (Wildman–Crippen LogP) is 1.69. The summed E-state index contributed by atoms with van der Waals surface area (Å²) < 4.78 is 5.75. The highest BCUT2D eigenvalue weighted by Crippen LogP contribution is 2.25. The topological polar surface area (TPSA) is 92.2 Å². The van der Waals surface area contributed by atoms with Crippen molar-refractivity contribution in [2.75, 3.05) is 6.61 Å². The number of amidine groups is 1. The lowest BCUT2D eigenvalue weighted by molar-refractivity contribution is 0.298. The molecule has 5 nitrogen and oxygen atoms in total. The van der Waals surface area contributed by atoms with Crippen molar-refractivity contribution in [1.29, 1.82) is 5.41 Å². The number of nitrogens with two attached hydrogens (primary N) is 1. The van der Waals surface area contributed by atoms with Gasteiger partial charge in [-0.1, -0.05) is 18.2 Å². The first kappa shape index (κ1) is 13.0. The van der Waals surface area contributed by atoms with Gasteiger partial charge < -0.3 is 15.6 Å². The van der Waals surface area contributed by atoms with E-state index in [2.05, 4.69) is 4.98 Å². The number of aliphatic hydroxyl groups excluding tert-OH is 1. The molecule has 0 aliphatic carbocycles. The maximum atomic E-state index is 9.02. The van der Waals surface area contributed by atoms with Crippen LogP contribution in [0.3, 0.4) is 0 Å². The first-order chi connectivity index (χ1) is 9.20. The number of nitrogens with zero attached hydrogens (tertiary/aromatic N) is 1. The number of hydrogen-bond donors (Lipinski definition) is 3. The fourth-order valence-electron chi connectivity index (χ4n) is 1.68. The highest BCUT2D eigenvalue weighted by Gasteiger charge is 2.06. The molecule has 1 aromatic heterocycles. The van der Waals surface area contributed by atoms with Gasteiger partial charge in [0.2, 0.25) is 0 Å². The molecule has 98 valence electrons. The van der Waals surface area contributed by atoms with E-state index in [-0.39, 0.29) is 12.4 Å². The monoisotopic (exact) mass is 257 g/mol. The summed E-state index contributed by atoms with van der Waals surface area (Å²) in [6, 6.07) is 10.8. The number of para-hydroxylation sites is 1. The molecule has 0 spiro atoms. The molecule has 19 heavy (non-hydrogen) atoms. The molecule has 4 N–H and O–H groups in total. The van der Waals surface area contributed by atoms with Gasteiger partial charge in [0.15, 0.2) is 0 Å². The van der Waals surface area contributed by atoms with E-state index in [0.29, 0.717) is 23.6 Å². The van der Waals surface area contributed by atoms with Crippen molar-refractivity contribution < 1.29 is 9.84 Å². The number of nitrogen functional groups attached to an aromatic ring is 1. The molecule has 0 bridgehead atoms. The van der Waals surface area contributed by atoms with E-state index in [1.165, 1.54) is 0 Å². The van der Waals surface area contributed by atoms with Crippen molar-refractivity contribution in [3.05, 3.63) is 53.9 Å². The van der Waals surface area contributed by atoms with Gasteiger partial charge in [0.1, 0.15) is 23.0 Å². The van der Waals surface area contributed by atoms with Crippen LogP contribution >= 0.6 is 0 Å². The number of hydrogen-bond acceptors (Lipinski definition) is 4. The smallest absolute Gasteiger partial charge is 0.141 e. The lowest BCUT2D eigenvalue weighted by Crippen LogP contribution is -2.12. The highest BCUT2D eigenvalue weighted by molar-refractivity contribution is 5.93. The largest absolute Gasteiger partial charge is 0.457 e. The van der Waals surface area contributed by atoms with Crippen molar-refractivity contribution >= 4 is 5.84 Å². The minimum absolute atomic E-state index is 0.0649. The summed E-state index contributed by atoms with van der Waals surface area (Å²) in [7, 11) is 0. The Morgan fingerprint density at radius 3 is 2.84 bits per heavy atom. The molecular formula is C14H15N3O2. The molecular weight excluding hydrogens is 242 g/mol. The Morgan fingerprint density at radius 1 is 1.32 bits per heavy atom. The molecule has 0 fully saturated rings. The van der Waals surface area contributed by atoms with Crippen molar-refractivity contribution in [2.45, 2.75) is 6.42 Å². The van der Waals surface area contributed by atoms with Gasteiger partial charge in [0.05, 0.1) is 0 Å². The minimum Gasteiger partial charge on any atom is -0.457 e. The number of benzene rings is 1. The van der Waals surface area contributed by atoms with Gasteiger partial charge in [-0.25, -0.2) is 0 Å². The lowest BCUT2D eigenvalue weighted by atomic mass is 10.1. The number of aromatic nitrogens is 1. The van der Waals surface area contributed by atoms with Gasteiger partial charge in [-0.3, -0.25) is 10.4 Å². The molecule has 0 unspecified atom stereocenters. The fourth-order valence-corrected chi connectivity index (χ4v) is 1.68. The van der Waals surface area contributed by atoms with Gasteiger partial charge in [-0.2, -0.15) is 0 Å². The summed E-state index contributed by atoms with van der Waals surface area (Å²) >= 11 is 0. The van der Waals surface area contributed by atoms with Crippen molar-refractivity contribution in [3.8, 4) is 11.5 Å². The third-order valence-corrected chi connectivity index (χ3v) is 2.59. The summed E-state index contributed by atoms with van der Waals surface area (Å²) in [5.74, 6) is 1.14. The Morgan fingerprint density at radius 2 is 2.11 bits per heavy atom. The van der Waals surface area contributed by atoms with E-state index in [0.717, 1.165) is 5.56 Å². The molecule has 0 saturated heterocycles. The zero-order valence-corrected chi connectivity index (χ0v) is 10.3. The minimum atomic E-state index is -0.103. The fraction of sp³-hybridized carbons (Fsp3) is 0.143. The summed E-state index contributed by atoms with van der Waals surface area (Å²) in [5.41, 5.74) is 6.68. The van der Waals surface area contributed by atoms with Crippen LogP contribution in [0.4, 0.5) is 0 Å². The molecule has 5 heteroatoms. The Balaban J connectivity index is 2.26. The molecule has 2 rings (SSSR count). The zero-order valence-electron chi connectivity index (χ0n) is 10.3. The molecule has 0 aliphatic rings. The Bertz CT molecular complexity index is 584. The lowest BCUT2D eigenvalue weighted by Gasteiger charge is -2.10. The quantitative estimate of drug-likeness (QED) is 0.561. The van der Waals surface area contributed by atoms with E-state index >= 15 is 0 Å². The molecule has 0 saturated carbocycles. The van der Waals surface area contributed by atoms with Gasteiger partial charge >= 0.3 is 0 Å². The Labute approximate surface area is 111 Å². The van der Waals surface area contributed by atoms with Crippen LogP contribution in [0.25, 0.3) is 0 Å². The SMILES string of the molecule is N=C(N)c1cc(Oc2ccccc2CCO)ccn1. The Hall–Kier alpha value is -2.40. The summed E-state index contributed by atoms with van der Waals surface area (Å²) in [6.45, 7) is 0.0649. The maximum Gasteiger partial charge on any atom is 0.141 e. The van der Waals surface area contributed by atoms with Gasteiger partial charge in [0, 0.05) is 18.9 Å². The van der Waals surface area contributed by atoms with Crippen molar-refractivity contribution in [3.63, 3.8) is 0 Å². The highest BCUT2D eigenvalue weighted by atomic mass is 16.5. The average Bonchev–Trinajstić information content (AvgIpc) is 2.41. The second-order valence-corrected chi connectivity index (χ2v) is 3.97. The summed E-state index contributed by atoms with van der Waals surface area (Å²) in [5, 5.41) is 16.4. The van der Waals surface area contributed by atoms with E-state index in [1.807, 2.05) is 24.3 Å². The first-order valence-electron chi connectivity index (χ1n) is 5.88. The predicted molar refractivity (Wildman–Crippen MR) is 72.6 cm³/mol. The molecule has 1 heterocycles. The van der Waals surface area contributed by atoms with Gasteiger partial charge in [0.25, 0.3) is 0 Å². The van der Waals surface area contributed by atoms with Crippen molar-refractivity contribution in [1.82, 2.24) is 4.98 Å². The third-order valence-electron chi connectivity index (χ3n) is 2.59. The first-order valence-corrected chi connectivity index (χ1v) is 5.88. The molecule has 0 radical (unpaired) electrons. The second-order valence-electron chi connectivity index (χ2n) is 3.97. The van der Waals surface area contributed by atoms with E-state index in [4.69, 9.17) is 21.0 Å². The van der Waals surface area contributed by atoms with Crippen LogP contribution in [0.2, 0.25) is 0 Å². The second kappa shape index (κ2) is 5.97. The number of pyridine rings is 1. The van der Waals surface area contributed by atoms with Gasteiger partial charge in [-0.05, 0) is 24.1 Å². The van der Waals surface area contributed by atoms with Crippen LogP contribution < -0.4 is 10.5 Å². The van der Waals surface area contributed by atoms with Gasteiger partial charge in [-0.15, -0.1) is 0 Å². The normalized spacial score (nSPS) is 10.2. The van der Waals surface area contributed by atoms with Crippen LogP contribution in [0.1, 0.15) is 11.3 Å². The molecule has 0 amide bonds. The van der Waals surface area contributed by atoms with Crippen LogP contribution in [-0.2, 0) is 6.42 Å². The molecule has 0 atom stereocenters. The van der Waals surface area contributed by atoms with E-state index in [1.54, 1.807) is 18.3 Å². The molecule has 2 aromatic rings. The van der Waals surface area contributed by atoms with E-state index in [9.17, 15) is 0 Å². The standard InChI is InChI=1S/C14H15N3O2/c15-14(16)12-9-11(5-7-17-12)19-13-4-2-1-3-10(13)6-8-18/h1-5,7,9,18H,6,8H2,(H3,15,16).